The Hall–Kier alpha value is -1.78. The van der Waals surface area contributed by atoms with E-state index in [1.165, 1.54) is 0 Å². The van der Waals surface area contributed by atoms with Crippen molar-refractivity contribution in [2.24, 2.45) is 0 Å². The molecule has 0 saturated heterocycles. The number of ether oxygens (including phenoxy) is 2. The molecule has 5 heteroatoms. The molecule has 0 radical (unpaired) electrons. The average Bonchev–Trinajstić information content (AvgIpc) is 2.36. The van der Waals surface area contributed by atoms with Crippen LogP contribution in [0.5, 0.6) is 5.75 Å². The highest BCUT2D eigenvalue weighted by Crippen LogP contribution is 2.17. The van der Waals surface area contributed by atoms with Crippen LogP contribution in [0.3, 0.4) is 0 Å². The summed E-state index contributed by atoms with van der Waals surface area (Å²) in [7, 11) is 1.59. The molecule has 18 heavy (non-hydrogen) atoms. The Morgan fingerprint density at radius 3 is 2.61 bits per heavy atom. The van der Waals surface area contributed by atoms with E-state index in [1.807, 2.05) is 30.9 Å². The molecule has 0 saturated carbocycles. The van der Waals surface area contributed by atoms with E-state index in [2.05, 4.69) is 4.98 Å². The molecule has 0 spiro atoms. The number of esters is 1. The van der Waals surface area contributed by atoms with E-state index in [0.717, 1.165) is 5.82 Å². The zero-order valence-electron chi connectivity index (χ0n) is 11.3. The highest BCUT2D eigenvalue weighted by atomic mass is 16.5. The Morgan fingerprint density at radius 1 is 1.44 bits per heavy atom. The van der Waals surface area contributed by atoms with Crippen LogP contribution in [0.15, 0.2) is 18.3 Å². The molecule has 1 aromatic rings. The second kappa shape index (κ2) is 6.83. The molecule has 5 nitrogen and oxygen atoms in total. The van der Waals surface area contributed by atoms with Gasteiger partial charge in [-0.05, 0) is 32.9 Å². The maximum absolute atomic E-state index is 11.5. The molecule has 0 unspecified atom stereocenters. The second-order valence-electron chi connectivity index (χ2n) is 4.08. The Labute approximate surface area is 108 Å². The third-order valence-electron chi connectivity index (χ3n) is 2.48. The first-order valence-electron chi connectivity index (χ1n) is 6.00. The van der Waals surface area contributed by atoms with Crippen LogP contribution in [0, 0.1) is 0 Å². The largest absolute Gasteiger partial charge is 0.495 e. The molecule has 0 amide bonds. The molecule has 0 N–H and O–H groups in total. The zero-order valence-corrected chi connectivity index (χ0v) is 11.3. The molecule has 1 aromatic heterocycles. The highest BCUT2D eigenvalue weighted by Gasteiger charge is 2.16. The summed E-state index contributed by atoms with van der Waals surface area (Å²) >= 11 is 0. The van der Waals surface area contributed by atoms with E-state index in [4.69, 9.17) is 9.47 Å². The predicted octanol–water partition coefficient (Wildman–Crippen LogP) is 1.87. The van der Waals surface area contributed by atoms with Crippen molar-refractivity contribution in [2.45, 2.75) is 26.8 Å². The van der Waals surface area contributed by atoms with E-state index in [-0.39, 0.29) is 18.6 Å². The van der Waals surface area contributed by atoms with Gasteiger partial charge in [-0.15, -0.1) is 0 Å². The first kappa shape index (κ1) is 14.3. The summed E-state index contributed by atoms with van der Waals surface area (Å²) in [6.45, 7) is 6.39. The highest BCUT2D eigenvalue weighted by molar-refractivity contribution is 5.75. The number of hydrogen-bond donors (Lipinski definition) is 0. The first-order valence-corrected chi connectivity index (χ1v) is 6.00. The summed E-state index contributed by atoms with van der Waals surface area (Å²) in [5, 5.41) is 0. The normalized spacial score (nSPS) is 10.3. The molecule has 0 bridgehead atoms. The predicted molar refractivity (Wildman–Crippen MR) is 69.9 cm³/mol. The van der Waals surface area contributed by atoms with Gasteiger partial charge in [0.25, 0.3) is 0 Å². The van der Waals surface area contributed by atoms with Crippen LogP contribution < -0.4 is 9.64 Å². The number of carbonyl (C=O) groups is 1. The molecule has 0 aliphatic carbocycles. The minimum Gasteiger partial charge on any atom is -0.495 e. The number of methoxy groups -OCH3 is 1. The van der Waals surface area contributed by atoms with Gasteiger partial charge in [0.1, 0.15) is 18.1 Å². The summed E-state index contributed by atoms with van der Waals surface area (Å²) in [6, 6.07) is 3.82. The summed E-state index contributed by atoms with van der Waals surface area (Å²) in [5.74, 6) is 1.18. The van der Waals surface area contributed by atoms with Crippen LogP contribution >= 0.6 is 0 Å². The fourth-order valence-corrected chi connectivity index (χ4v) is 1.54. The van der Waals surface area contributed by atoms with E-state index >= 15 is 0 Å². The molecular formula is C13H20N2O3. The molecule has 0 fully saturated rings. The van der Waals surface area contributed by atoms with E-state index in [0.29, 0.717) is 12.4 Å². The molecule has 0 aromatic carbocycles. The van der Waals surface area contributed by atoms with Gasteiger partial charge in [0, 0.05) is 6.04 Å². The maximum Gasteiger partial charge on any atom is 0.325 e. The Morgan fingerprint density at radius 2 is 2.17 bits per heavy atom. The van der Waals surface area contributed by atoms with Crippen molar-refractivity contribution >= 4 is 11.8 Å². The Balaban J connectivity index is 2.80. The first-order chi connectivity index (χ1) is 8.58. The van der Waals surface area contributed by atoms with Crippen LogP contribution in [-0.2, 0) is 9.53 Å². The fraction of sp³-hybridized carbons (Fsp3) is 0.538. The monoisotopic (exact) mass is 252 g/mol. The Bertz CT molecular complexity index is 376. The molecule has 0 aliphatic rings. The van der Waals surface area contributed by atoms with Crippen molar-refractivity contribution in [3.8, 4) is 5.75 Å². The fourth-order valence-electron chi connectivity index (χ4n) is 1.54. The van der Waals surface area contributed by atoms with Crippen molar-refractivity contribution in [2.75, 3.05) is 25.2 Å². The van der Waals surface area contributed by atoms with Crippen LogP contribution in [0.2, 0.25) is 0 Å². The summed E-state index contributed by atoms with van der Waals surface area (Å²) in [6.07, 6.45) is 1.63. The standard InChI is InChI=1S/C13H20N2O3/c1-5-18-13(16)9-15(10(2)3)12-7-6-11(17-4)8-14-12/h6-8,10H,5,9H2,1-4H3. The van der Waals surface area contributed by atoms with Gasteiger partial charge in [-0.2, -0.15) is 0 Å². The van der Waals surface area contributed by atoms with Gasteiger partial charge in [-0.3, -0.25) is 4.79 Å². The lowest BCUT2D eigenvalue weighted by Gasteiger charge is -2.26. The molecule has 1 heterocycles. The van der Waals surface area contributed by atoms with Crippen LogP contribution in [-0.4, -0.2) is 37.3 Å². The van der Waals surface area contributed by atoms with Crippen molar-refractivity contribution in [1.29, 1.82) is 0 Å². The molecule has 0 atom stereocenters. The SMILES string of the molecule is CCOC(=O)CN(c1ccc(OC)cn1)C(C)C. The summed E-state index contributed by atoms with van der Waals surface area (Å²) < 4.78 is 10.0. The quantitative estimate of drug-likeness (QED) is 0.723. The average molecular weight is 252 g/mol. The number of rotatable bonds is 6. The topological polar surface area (TPSA) is 51.7 Å². The number of aromatic nitrogens is 1. The lowest BCUT2D eigenvalue weighted by molar-refractivity contribution is -0.141. The molecule has 100 valence electrons. The van der Waals surface area contributed by atoms with E-state index in [9.17, 15) is 4.79 Å². The van der Waals surface area contributed by atoms with Crippen molar-refractivity contribution in [3.63, 3.8) is 0 Å². The van der Waals surface area contributed by atoms with Gasteiger partial charge in [0.15, 0.2) is 0 Å². The van der Waals surface area contributed by atoms with E-state index in [1.54, 1.807) is 20.2 Å². The van der Waals surface area contributed by atoms with E-state index < -0.39 is 0 Å². The van der Waals surface area contributed by atoms with Gasteiger partial charge in [0.2, 0.25) is 0 Å². The lowest BCUT2D eigenvalue weighted by atomic mass is 10.3. The smallest absolute Gasteiger partial charge is 0.325 e. The van der Waals surface area contributed by atoms with Gasteiger partial charge < -0.3 is 14.4 Å². The second-order valence-corrected chi connectivity index (χ2v) is 4.08. The van der Waals surface area contributed by atoms with Gasteiger partial charge >= 0.3 is 5.97 Å². The number of anilines is 1. The number of nitrogens with zero attached hydrogens (tertiary/aromatic N) is 2. The Kier molecular flexibility index (Phi) is 5.42. The van der Waals surface area contributed by atoms with Gasteiger partial charge in [-0.25, -0.2) is 4.98 Å². The minimum atomic E-state index is -0.246. The summed E-state index contributed by atoms with van der Waals surface area (Å²) in [4.78, 5) is 17.7. The molecule has 1 rings (SSSR count). The zero-order chi connectivity index (χ0) is 13.5. The maximum atomic E-state index is 11.5. The molecular weight excluding hydrogens is 232 g/mol. The minimum absolute atomic E-state index is 0.162. The summed E-state index contributed by atoms with van der Waals surface area (Å²) in [5.41, 5.74) is 0. The van der Waals surface area contributed by atoms with Crippen LogP contribution in [0.25, 0.3) is 0 Å². The van der Waals surface area contributed by atoms with Gasteiger partial charge in [0.05, 0.1) is 19.9 Å². The number of pyridine rings is 1. The van der Waals surface area contributed by atoms with Crippen molar-refractivity contribution < 1.29 is 14.3 Å². The lowest BCUT2D eigenvalue weighted by Crippen LogP contribution is -2.37. The van der Waals surface area contributed by atoms with Crippen molar-refractivity contribution in [1.82, 2.24) is 4.98 Å². The number of hydrogen-bond acceptors (Lipinski definition) is 5. The number of carbonyl (C=O) groups excluding carboxylic acids is 1. The van der Waals surface area contributed by atoms with Crippen LogP contribution in [0.1, 0.15) is 20.8 Å². The van der Waals surface area contributed by atoms with Crippen molar-refractivity contribution in [3.05, 3.63) is 18.3 Å². The third-order valence-corrected chi connectivity index (χ3v) is 2.48. The van der Waals surface area contributed by atoms with Crippen LogP contribution in [0.4, 0.5) is 5.82 Å². The molecule has 0 aliphatic heterocycles. The third kappa shape index (κ3) is 3.91. The van der Waals surface area contributed by atoms with Gasteiger partial charge in [-0.1, -0.05) is 0 Å².